The van der Waals surface area contributed by atoms with Crippen molar-refractivity contribution < 1.29 is 4.39 Å². The van der Waals surface area contributed by atoms with Gasteiger partial charge in [-0.3, -0.25) is 0 Å². The van der Waals surface area contributed by atoms with Crippen molar-refractivity contribution in [2.45, 2.75) is 25.3 Å². The van der Waals surface area contributed by atoms with Crippen LogP contribution in [-0.4, -0.2) is 25.7 Å². The molecule has 2 aliphatic heterocycles. The monoisotopic (exact) mass is 220 g/mol. The standard InChI is InChI=1S/C13H17FN2/c14-11-3-5-13-10(8-11)2-4-12-9-15-6-1-7-16(12)13/h3,5,8,12,15H,1-2,4,6-7,9H2/t12-/m1/s1. The lowest BCUT2D eigenvalue weighted by Crippen LogP contribution is -2.43. The van der Waals surface area contributed by atoms with E-state index in [1.54, 1.807) is 12.1 Å². The average molecular weight is 220 g/mol. The molecule has 0 radical (unpaired) electrons. The maximum atomic E-state index is 13.2. The van der Waals surface area contributed by atoms with E-state index in [0.717, 1.165) is 32.5 Å². The molecule has 0 amide bonds. The highest BCUT2D eigenvalue weighted by molar-refractivity contribution is 5.57. The fraction of sp³-hybridized carbons (Fsp3) is 0.538. The zero-order valence-electron chi connectivity index (χ0n) is 9.38. The summed E-state index contributed by atoms with van der Waals surface area (Å²) in [5, 5.41) is 3.47. The minimum absolute atomic E-state index is 0.106. The van der Waals surface area contributed by atoms with E-state index < -0.39 is 0 Å². The van der Waals surface area contributed by atoms with Crippen LogP contribution < -0.4 is 10.2 Å². The summed E-state index contributed by atoms with van der Waals surface area (Å²) in [6.07, 6.45) is 3.33. The molecule has 1 atom stereocenters. The second-order valence-electron chi connectivity index (χ2n) is 4.72. The number of anilines is 1. The van der Waals surface area contributed by atoms with Crippen LogP contribution >= 0.6 is 0 Å². The second-order valence-corrected chi connectivity index (χ2v) is 4.72. The van der Waals surface area contributed by atoms with E-state index in [1.807, 2.05) is 6.07 Å². The van der Waals surface area contributed by atoms with E-state index in [-0.39, 0.29) is 5.82 Å². The normalized spacial score (nSPS) is 24.6. The number of hydrogen-bond acceptors (Lipinski definition) is 2. The summed E-state index contributed by atoms with van der Waals surface area (Å²) in [6.45, 7) is 3.26. The number of nitrogens with one attached hydrogen (secondary N) is 1. The highest BCUT2D eigenvalue weighted by Gasteiger charge is 2.27. The van der Waals surface area contributed by atoms with Crippen molar-refractivity contribution >= 4 is 5.69 Å². The first-order valence-electron chi connectivity index (χ1n) is 6.10. The number of benzene rings is 1. The maximum Gasteiger partial charge on any atom is 0.123 e. The third-order valence-electron chi connectivity index (χ3n) is 3.67. The molecule has 86 valence electrons. The lowest BCUT2D eigenvalue weighted by atomic mass is 9.95. The quantitative estimate of drug-likeness (QED) is 0.719. The molecule has 2 aliphatic rings. The Morgan fingerprint density at radius 1 is 1.38 bits per heavy atom. The second kappa shape index (κ2) is 4.06. The van der Waals surface area contributed by atoms with Gasteiger partial charge in [0.25, 0.3) is 0 Å². The van der Waals surface area contributed by atoms with Crippen LogP contribution in [0.1, 0.15) is 18.4 Å². The number of aryl methyl sites for hydroxylation is 1. The fourth-order valence-corrected chi connectivity index (χ4v) is 2.87. The molecule has 16 heavy (non-hydrogen) atoms. The topological polar surface area (TPSA) is 15.3 Å². The SMILES string of the molecule is Fc1ccc2c(c1)CC[C@@H]1CNCCCN21. The van der Waals surface area contributed by atoms with E-state index in [4.69, 9.17) is 0 Å². The van der Waals surface area contributed by atoms with Gasteiger partial charge < -0.3 is 10.2 Å². The summed E-state index contributed by atoms with van der Waals surface area (Å²) < 4.78 is 13.2. The van der Waals surface area contributed by atoms with Crippen molar-refractivity contribution in [3.63, 3.8) is 0 Å². The largest absolute Gasteiger partial charge is 0.367 e. The summed E-state index contributed by atoms with van der Waals surface area (Å²) in [5.41, 5.74) is 2.43. The highest BCUT2D eigenvalue weighted by Crippen LogP contribution is 2.31. The van der Waals surface area contributed by atoms with Crippen molar-refractivity contribution in [1.29, 1.82) is 0 Å². The number of rotatable bonds is 0. The number of nitrogens with zero attached hydrogens (tertiary/aromatic N) is 1. The first-order valence-corrected chi connectivity index (χ1v) is 6.10. The third-order valence-corrected chi connectivity index (χ3v) is 3.67. The van der Waals surface area contributed by atoms with E-state index in [2.05, 4.69) is 10.2 Å². The summed E-state index contributed by atoms with van der Waals surface area (Å²) in [4.78, 5) is 2.46. The van der Waals surface area contributed by atoms with E-state index in [1.165, 1.54) is 17.7 Å². The Bertz CT molecular complexity index is 392. The first-order chi connectivity index (χ1) is 7.84. The molecule has 0 bridgehead atoms. The van der Waals surface area contributed by atoms with E-state index >= 15 is 0 Å². The highest BCUT2D eigenvalue weighted by atomic mass is 19.1. The number of fused-ring (bicyclic) bond motifs is 3. The minimum atomic E-state index is -0.106. The molecule has 3 heteroatoms. The Balaban J connectivity index is 1.97. The zero-order chi connectivity index (χ0) is 11.0. The van der Waals surface area contributed by atoms with E-state index in [9.17, 15) is 4.39 Å². The molecule has 2 heterocycles. The Kier molecular flexibility index (Phi) is 2.56. The Labute approximate surface area is 95.4 Å². The average Bonchev–Trinajstić information content (AvgIpc) is 2.53. The van der Waals surface area contributed by atoms with Gasteiger partial charge in [0, 0.05) is 24.8 Å². The molecule has 1 saturated heterocycles. The van der Waals surface area contributed by atoms with Gasteiger partial charge in [0.05, 0.1) is 0 Å². The molecule has 0 aliphatic carbocycles. The predicted octanol–water partition coefficient (Wildman–Crippen LogP) is 1.94. The molecule has 1 aromatic rings. The maximum absolute atomic E-state index is 13.2. The van der Waals surface area contributed by atoms with Gasteiger partial charge >= 0.3 is 0 Å². The predicted molar refractivity (Wildman–Crippen MR) is 63.3 cm³/mol. The molecule has 1 fully saturated rings. The fourth-order valence-electron chi connectivity index (χ4n) is 2.87. The Hall–Kier alpha value is -1.09. The summed E-state index contributed by atoms with van der Waals surface area (Å²) >= 11 is 0. The molecule has 0 aromatic heterocycles. The smallest absolute Gasteiger partial charge is 0.123 e. The van der Waals surface area contributed by atoms with Gasteiger partial charge in [0.15, 0.2) is 0 Å². The van der Waals surface area contributed by atoms with Gasteiger partial charge in [-0.25, -0.2) is 4.39 Å². The van der Waals surface area contributed by atoms with Crippen LogP contribution in [0.5, 0.6) is 0 Å². The first kappa shape index (κ1) is 10.1. The summed E-state index contributed by atoms with van der Waals surface area (Å²) in [5.74, 6) is -0.106. The molecular weight excluding hydrogens is 203 g/mol. The molecule has 0 spiro atoms. The van der Waals surface area contributed by atoms with Crippen molar-refractivity contribution in [3.8, 4) is 0 Å². The summed E-state index contributed by atoms with van der Waals surface area (Å²) in [6, 6.07) is 5.83. The number of hydrogen-bond donors (Lipinski definition) is 1. The van der Waals surface area contributed by atoms with Gasteiger partial charge in [-0.15, -0.1) is 0 Å². The molecule has 1 aromatic carbocycles. The van der Waals surface area contributed by atoms with Crippen molar-refractivity contribution in [2.75, 3.05) is 24.5 Å². The molecular formula is C13H17FN2. The van der Waals surface area contributed by atoms with Crippen LogP contribution in [0.3, 0.4) is 0 Å². The van der Waals surface area contributed by atoms with Gasteiger partial charge in [0.2, 0.25) is 0 Å². The van der Waals surface area contributed by atoms with Gasteiger partial charge in [0.1, 0.15) is 5.82 Å². The zero-order valence-corrected chi connectivity index (χ0v) is 9.38. The lowest BCUT2D eigenvalue weighted by Gasteiger charge is -2.37. The molecule has 0 unspecified atom stereocenters. The third kappa shape index (κ3) is 1.69. The lowest BCUT2D eigenvalue weighted by molar-refractivity contribution is 0.526. The van der Waals surface area contributed by atoms with Crippen LogP contribution in [0.2, 0.25) is 0 Å². The van der Waals surface area contributed by atoms with Crippen molar-refractivity contribution in [1.82, 2.24) is 5.32 Å². The Morgan fingerprint density at radius 2 is 2.31 bits per heavy atom. The van der Waals surface area contributed by atoms with Crippen molar-refractivity contribution in [3.05, 3.63) is 29.6 Å². The van der Waals surface area contributed by atoms with Crippen LogP contribution in [0, 0.1) is 5.82 Å². The van der Waals surface area contributed by atoms with Crippen LogP contribution in [0.4, 0.5) is 10.1 Å². The number of halogens is 1. The van der Waals surface area contributed by atoms with Crippen LogP contribution in [0.25, 0.3) is 0 Å². The molecule has 1 N–H and O–H groups in total. The van der Waals surface area contributed by atoms with Gasteiger partial charge in [-0.2, -0.15) is 0 Å². The van der Waals surface area contributed by atoms with E-state index in [0.29, 0.717) is 6.04 Å². The summed E-state index contributed by atoms with van der Waals surface area (Å²) in [7, 11) is 0. The van der Waals surface area contributed by atoms with Gasteiger partial charge in [-0.1, -0.05) is 0 Å². The van der Waals surface area contributed by atoms with Crippen LogP contribution in [0.15, 0.2) is 18.2 Å². The molecule has 2 nitrogen and oxygen atoms in total. The van der Waals surface area contributed by atoms with Gasteiger partial charge in [-0.05, 0) is 49.6 Å². The molecule has 0 saturated carbocycles. The van der Waals surface area contributed by atoms with Crippen molar-refractivity contribution in [2.24, 2.45) is 0 Å². The molecule has 3 rings (SSSR count). The van der Waals surface area contributed by atoms with Crippen LogP contribution in [-0.2, 0) is 6.42 Å². The Morgan fingerprint density at radius 3 is 3.25 bits per heavy atom. The minimum Gasteiger partial charge on any atom is -0.367 e.